The molecule has 3 aromatic rings. The predicted molar refractivity (Wildman–Crippen MR) is 118 cm³/mol. The van der Waals surface area contributed by atoms with Crippen LogP contribution in [0.1, 0.15) is 19.4 Å². The summed E-state index contributed by atoms with van der Waals surface area (Å²) in [5, 5.41) is 1.11. The molecule has 0 N–H and O–H groups in total. The van der Waals surface area contributed by atoms with Crippen molar-refractivity contribution in [3.05, 3.63) is 76.1 Å². The summed E-state index contributed by atoms with van der Waals surface area (Å²) in [5.74, 6) is 0.433. The maximum absolute atomic E-state index is 12.6. The van der Waals surface area contributed by atoms with Gasteiger partial charge in [0, 0.05) is 24.7 Å². The molecular formula is C23H20N2O3S. The van der Waals surface area contributed by atoms with Crippen molar-refractivity contribution in [2.75, 3.05) is 13.1 Å². The molecule has 0 unspecified atom stereocenters. The molecule has 1 amide bonds. The Morgan fingerprint density at radius 1 is 0.966 bits per heavy atom. The lowest BCUT2D eigenvalue weighted by molar-refractivity contribution is -0.122. The normalized spacial score (nSPS) is 15.7. The van der Waals surface area contributed by atoms with Crippen LogP contribution in [-0.2, 0) is 4.79 Å². The maximum atomic E-state index is 12.6. The molecule has 4 rings (SSSR count). The maximum Gasteiger partial charge on any atom is 0.276 e. The van der Waals surface area contributed by atoms with E-state index in [9.17, 15) is 9.59 Å². The Bertz CT molecular complexity index is 1190. The van der Waals surface area contributed by atoms with E-state index in [1.54, 1.807) is 17.0 Å². The van der Waals surface area contributed by atoms with Gasteiger partial charge in [-0.15, -0.1) is 0 Å². The molecule has 146 valence electrons. The Morgan fingerprint density at radius 2 is 1.66 bits per heavy atom. The molecular weight excluding hydrogens is 384 g/mol. The monoisotopic (exact) mass is 404 g/mol. The summed E-state index contributed by atoms with van der Waals surface area (Å²) in [6.45, 7) is 5.06. The van der Waals surface area contributed by atoms with Crippen LogP contribution in [-0.4, -0.2) is 33.9 Å². The summed E-state index contributed by atoms with van der Waals surface area (Å²) < 4.78 is 5.89. The highest BCUT2D eigenvalue weighted by Gasteiger charge is 2.35. The zero-order valence-electron chi connectivity index (χ0n) is 16.2. The minimum absolute atomic E-state index is 0.0728. The largest absolute Gasteiger partial charge is 0.456 e. The Balaban J connectivity index is 1.68. The zero-order chi connectivity index (χ0) is 20.5. The highest BCUT2D eigenvalue weighted by Crippen LogP contribution is 2.26. The fourth-order valence-corrected chi connectivity index (χ4v) is 3.90. The van der Waals surface area contributed by atoms with E-state index in [0.29, 0.717) is 40.6 Å². The van der Waals surface area contributed by atoms with E-state index in [-0.39, 0.29) is 11.3 Å². The Kier molecular flexibility index (Phi) is 5.03. The molecule has 0 bridgehead atoms. The van der Waals surface area contributed by atoms with E-state index in [4.69, 9.17) is 16.6 Å². The zero-order valence-corrected chi connectivity index (χ0v) is 17.0. The lowest BCUT2D eigenvalue weighted by atomic mass is 10.1. The van der Waals surface area contributed by atoms with Crippen LogP contribution >= 0.6 is 12.2 Å². The van der Waals surface area contributed by atoms with Gasteiger partial charge in [0.1, 0.15) is 17.0 Å². The molecule has 1 aromatic heterocycles. The molecule has 0 saturated carbocycles. The van der Waals surface area contributed by atoms with Crippen molar-refractivity contribution in [2.24, 2.45) is 0 Å². The average Bonchev–Trinajstić information content (AvgIpc) is 2.97. The van der Waals surface area contributed by atoms with Crippen LogP contribution in [0.3, 0.4) is 0 Å². The smallest absolute Gasteiger partial charge is 0.276 e. The number of hydrogen-bond donors (Lipinski definition) is 0. The minimum Gasteiger partial charge on any atom is -0.456 e. The number of likely N-dealkylation sites (N-methyl/N-ethyl adjacent to an activating group) is 2. The summed E-state index contributed by atoms with van der Waals surface area (Å²) in [5.41, 5.74) is 2.73. The van der Waals surface area contributed by atoms with Gasteiger partial charge in [-0.3, -0.25) is 14.5 Å². The van der Waals surface area contributed by atoms with Gasteiger partial charge in [0.25, 0.3) is 5.91 Å². The van der Waals surface area contributed by atoms with E-state index < -0.39 is 0 Å². The fourth-order valence-electron chi connectivity index (χ4n) is 3.46. The van der Waals surface area contributed by atoms with E-state index in [2.05, 4.69) is 0 Å². The van der Waals surface area contributed by atoms with Crippen LogP contribution in [0.15, 0.2) is 69.5 Å². The molecule has 5 nitrogen and oxygen atoms in total. The number of nitrogens with zero attached hydrogens (tertiary/aromatic N) is 2. The second kappa shape index (κ2) is 7.64. The van der Waals surface area contributed by atoms with Crippen molar-refractivity contribution in [3.63, 3.8) is 0 Å². The first-order valence-corrected chi connectivity index (χ1v) is 9.92. The van der Waals surface area contributed by atoms with Crippen molar-refractivity contribution in [1.29, 1.82) is 0 Å². The average molecular weight is 404 g/mol. The van der Waals surface area contributed by atoms with Crippen molar-refractivity contribution in [3.8, 4) is 11.3 Å². The molecule has 0 spiro atoms. The Hall–Kier alpha value is -3.25. The molecule has 2 heterocycles. The quantitative estimate of drug-likeness (QED) is 0.480. The Morgan fingerprint density at radius 3 is 2.34 bits per heavy atom. The third kappa shape index (κ3) is 3.36. The molecule has 0 radical (unpaired) electrons. The van der Waals surface area contributed by atoms with E-state index in [1.165, 1.54) is 6.07 Å². The number of para-hydroxylation sites is 1. The first-order valence-electron chi connectivity index (χ1n) is 9.52. The van der Waals surface area contributed by atoms with Gasteiger partial charge in [-0.05, 0) is 49.8 Å². The molecule has 2 aromatic carbocycles. The standard InChI is InChI=1S/C23H20N2O3S/c1-3-24-18(22(27)25(4-2)23(24)29)13-15-9-11-16(12-10-15)21-14-19(26)17-7-5-6-8-20(17)28-21/h5-14H,3-4H2,1-2H3/b18-13+. The highest BCUT2D eigenvalue weighted by molar-refractivity contribution is 7.80. The van der Waals surface area contributed by atoms with Crippen LogP contribution < -0.4 is 5.43 Å². The summed E-state index contributed by atoms with van der Waals surface area (Å²) in [6.07, 6.45) is 1.84. The Labute approximate surface area is 173 Å². The molecule has 6 heteroatoms. The number of carbonyl (C=O) groups is 1. The van der Waals surface area contributed by atoms with Crippen molar-refractivity contribution in [1.82, 2.24) is 9.80 Å². The molecule has 1 fully saturated rings. The van der Waals surface area contributed by atoms with E-state index in [0.717, 1.165) is 11.1 Å². The molecule has 29 heavy (non-hydrogen) atoms. The number of thiocarbonyl (C=S) groups is 1. The summed E-state index contributed by atoms with van der Waals surface area (Å²) in [7, 11) is 0. The molecule has 0 atom stereocenters. The van der Waals surface area contributed by atoms with Crippen molar-refractivity contribution < 1.29 is 9.21 Å². The van der Waals surface area contributed by atoms with Gasteiger partial charge >= 0.3 is 0 Å². The van der Waals surface area contributed by atoms with Gasteiger partial charge in [0.05, 0.1) is 5.39 Å². The number of fused-ring (bicyclic) bond motifs is 1. The third-order valence-corrected chi connectivity index (χ3v) is 5.42. The first kappa shape index (κ1) is 19.1. The van der Waals surface area contributed by atoms with E-state index in [1.807, 2.05) is 61.2 Å². The van der Waals surface area contributed by atoms with Crippen LogP contribution in [0.2, 0.25) is 0 Å². The highest BCUT2D eigenvalue weighted by atomic mass is 32.1. The number of amides is 1. The lowest BCUT2D eigenvalue weighted by Crippen LogP contribution is -2.32. The van der Waals surface area contributed by atoms with Gasteiger partial charge in [0.2, 0.25) is 0 Å². The lowest BCUT2D eigenvalue weighted by Gasteiger charge is -2.17. The summed E-state index contributed by atoms with van der Waals surface area (Å²) in [4.78, 5) is 28.4. The van der Waals surface area contributed by atoms with Gasteiger partial charge in [-0.25, -0.2) is 0 Å². The van der Waals surface area contributed by atoms with Crippen molar-refractivity contribution in [2.45, 2.75) is 13.8 Å². The summed E-state index contributed by atoms with van der Waals surface area (Å²) >= 11 is 5.41. The van der Waals surface area contributed by atoms with Crippen LogP contribution in [0.5, 0.6) is 0 Å². The van der Waals surface area contributed by atoms with Crippen LogP contribution in [0.4, 0.5) is 0 Å². The predicted octanol–water partition coefficient (Wildman–Crippen LogP) is 4.27. The molecule has 1 aliphatic heterocycles. The molecule has 1 saturated heterocycles. The van der Waals surface area contributed by atoms with Gasteiger partial charge in [0.15, 0.2) is 10.5 Å². The number of hydrogen-bond acceptors (Lipinski definition) is 4. The van der Waals surface area contributed by atoms with Crippen LogP contribution in [0.25, 0.3) is 28.4 Å². The van der Waals surface area contributed by atoms with Gasteiger partial charge in [-0.2, -0.15) is 0 Å². The molecule has 1 aliphatic rings. The molecule has 0 aliphatic carbocycles. The second-order valence-electron chi connectivity index (χ2n) is 6.70. The number of carbonyl (C=O) groups excluding carboxylic acids is 1. The van der Waals surface area contributed by atoms with Gasteiger partial charge in [-0.1, -0.05) is 36.4 Å². The first-order chi connectivity index (χ1) is 14.0. The topological polar surface area (TPSA) is 53.8 Å². The number of benzene rings is 2. The summed E-state index contributed by atoms with van der Waals surface area (Å²) in [6, 6.07) is 16.3. The fraction of sp³-hybridized carbons (Fsp3) is 0.174. The van der Waals surface area contributed by atoms with Crippen LogP contribution in [0, 0.1) is 0 Å². The van der Waals surface area contributed by atoms with Gasteiger partial charge < -0.3 is 9.32 Å². The minimum atomic E-state index is -0.0797. The SMILES string of the molecule is CCN1C(=O)/C(=C\c2ccc(-c3cc(=O)c4ccccc4o3)cc2)N(CC)C1=S. The van der Waals surface area contributed by atoms with Crippen molar-refractivity contribution >= 4 is 40.3 Å². The second-order valence-corrected chi connectivity index (χ2v) is 7.06. The number of rotatable bonds is 4. The van der Waals surface area contributed by atoms with E-state index >= 15 is 0 Å². The third-order valence-electron chi connectivity index (χ3n) is 4.98.